The smallest absolute Gasteiger partial charge is 0.475 e. The Morgan fingerprint density at radius 2 is 1.93 bits per heavy atom. The second-order valence-corrected chi connectivity index (χ2v) is 9.85. The number of carbonyl (C=O) groups excluding carboxylic acids is 1. The molecule has 2 aromatic rings. The van der Waals surface area contributed by atoms with Crippen molar-refractivity contribution in [1.29, 1.82) is 0 Å². The van der Waals surface area contributed by atoms with E-state index in [0.29, 0.717) is 36.4 Å². The Balaban J connectivity index is 0.000000559. The molecule has 0 bridgehead atoms. The number of ether oxygens (including phenoxy) is 1. The number of halogens is 3. The van der Waals surface area contributed by atoms with Crippen LogP contribution in [0.4, 0.5) is 24.9 Å². The van der Waals surface area contributed by atoms with Crippen molar-refractivity contribution in [3.05, 3.63) is 42.3 Å². The van der Waals surface area contributed by atoms with Gasteiger partial charge < -0.3 is 25.8 Å². The van der Waals surface area contributed by atoms with Crippen molar-refractivity contribution in [1.82, 2.24) is 20.3 Å². The normalized spacial score (nSPS) is 19.2. The highest BCUT2D eigenvalue weighted by Crippen LogP contribution is 2.36. The molecule has 0 radical (unpaired) electrons. The predicted octanol–water partition coefficient (Wildman–Crippen LogP) is 4.21. The van der Waals surface area contributed by atoms with Crippen LogP contribution in [-0.4, -0.2) is 70.5 Å². The molecule has 0 aromatic carbocycles. The van der Waals surface area contributed by atoms with Gasteiger partial charge in [0.1, 0.15) is 10.9 Å². The third kappa shape index (κ3) is 7.90. The number of rotatable bonds is 8. The topological polar surface area (TPSA) is 138 Å². The van der Waals surface area contributed by atoms with E-state index in [4.69, 9.17) is 24.6 Å². The van der Waals surface area contributed by atoms with Gasteiger partial charge in [-0.15, -0.1) is 0 Å². The number of piperidine rings is 1. The fourth-order valence-electron chi connectivity index (χ4n) is 4.37. The zero-order chi connectivity index (χ0) is 29.3. The van der Waals surface area contributed by atoms with Crippen molar-refractivity contribution in [3.8, 4) is 0 Å². The molecule has 0 spiro atoms. The lowest BCUT2D eigenvalue weighted by molar-refractivity contribution is -0.192. The fraction of sp³-hybridized carbons (Fsp3) is 0.519. The van der Waals surface area contributed by atoms with Gasteiger partial charge >= 0.3 is 18.1 Å². The van der Waals surface area contributed by atoms with Crippen molar-refractivity contribution >= 4 is 34.6 Å². The molecule has 0 saturated carbocycles. The van der Waals surface area contributed by atoms with E-state index in [-0.39, 0.29) is 12.0 Å². The summed E-state index contributed by atoms with van der Waals surface area (Å²) in [6.07, 6.45) is 7.22. The number of carboxylic acid groups (broad SMARTS) is 1. The summed E-state index contributed by atoms with van der Waals surface area (Å²) < 4.78 is 37.2. The molecular formula is C27H35F3N6O4. The Morgan fingerprint density at radius 3 is 2.50 bits per heavy atom. The van der Waals surface area contributed by atoms with E-state index >= 15 is 0 Å². The Kier molecular flexibility index (Phi) is 10.4. The van der Waals surface area contributed by atoms with Gasteiger partial charge in [-0.1, -0.05) is 24.3 Å². The number of fused-ring (bicyclic) bond motifs is 1. The van der Waals surface area contributed by atoms with Crippen LogP contribution in [0.3, 0.4) is 0 Å². The van der Waals surface area contributed by atoms with Gasteiger partial charge in [0.2, 0.25) is 5.95 Å². The summed E-state index contributed by atoms with van der Waals surface area (Å²) in [5, 5.41) is 18.2. The Hall–Kier alpha value is -3.74. The van der Waals surface area contributed by atoms with Crippen LogP contribution in [0.25, 0.3) is 10.9 Å². The van der Waals surface area contributed by atoms with E-state index in [2.05, 4.69) is 34.8 Å². The summed E-state index contributed by atoms with van der Waals surface area (Å²) in [6.45, 7) is 9.23. The minimum Gasteiger partial charge on any atom is -0.475 e. The molecule has 1 fully saturated rings. The third-order valence-corrected chi connectivity index (χ3v) is 6.41. The minimum absolute atomic E-state index is 0.150. The number of anilines is 2. The van der Waals surface area contributed by atoms with E-state index in [1.54, 1.807) is 0 Å². The number of allylic oxidation sites excluding steroid dienone is 3. The van der Waals surface area contributed by atoms with E-state index in [1.807, 2.05) is 43.5 Å². The summed E-state index contributed by atoms with van der Waals surface area (Å²) >= 11 is 0. The number of hydrogen-bond acceptors (Lipinski definition) is 9. The maximum atomic E-state index is 13.1. The van der Waals surface area contributed by atoms with Crippen LogP contribution < -0.4 is 16.0 Å². The lowest BCUT2D eigenvalue weighted by Gasteiger charge is -2.29. The molecule has 3 heterocycles. The Labute approximate surface area is 230 Å². The molecule has 0 unspecified atom stereocenters. The molecule has 13 heteroatoms. The number of carboxylic acids is 1. The molecule has 4 rings (SSSR count). The van der Waals surface area contributed by atoms with Crippen LogP contribution in [0.15, 0.2) is 36.6 Å². The lowest BCUT2D eigenvalue weighted by Crippen LogP contribution is -2.37. The van der Waals surface area contributed by atoms with Crippen LogP contribution in [0.5, 0.6) is 0 Å². The van der Waals surface area contributed by atoms with Crippen molar-refractivity contribution in [3.63, 3.8) is 0 Å². The van der Waals surface area contributed by atoms with Crippen LogP contribution in [0.2, 0.25) is 0 Å². The van der Waals surface area contributed by atoms with Gasteiger partial charge in [-0.25, -0.2) is 19.7 Å². The van der Waals surface area contributed by atoms with Crippen LogP contribution >= 0.6 is 0 Å². The van der Waals surface area contributed by atoms with Crippen LogP contribution in [0, 0.1) is 5.92 Å². The monoisotopic (exact) mass is 564 g/mol. The summed E-state index contributed by atoms with van der Waals surface area (Å²) in [4.78, 5) is 36.2. The maximum absolute atomic E-state index is 13.1. The predicted molar refractivity (Wildman–Crippen MR) is 145 cm³/mol. The number of alkyl halides is 3. The summed E-state index contributed by atoms with van der Waals surface area (Å²) in [5.74, 6) is -1.18. The molecule has 1 saturated heterocycles. The molecule has 40 heavy (non-hydrogen) atoms. The van der Waals surface area contributed by atoms with Gasteiger partial charge in [-0.3, -0.25) is 4.79 Å². The van der Waals surface area contributed by atoms with Crippen LogP contribution in [0.1, 0.15) is 45.7 Å². The van der Waals surface area contributed by atoms with Crippen molar-refractivity contribution in [2.45, 2.75) is 57.7 Å². The molecule has 0 amide bonds. The number of nitrogens with zero attached hydrogens (tertiary/aromatic N) is 3. The van der Waals surface area contributed by atoms with Gasteiger partial charge in [0.05, 0.1) is 12.3 Å². The largest absolute Gasteiger partial charge is 0.490 e. The molecule has 1 aliphatic heterocycles. The SMILES string of the molecule is CCOC(=O)[C@@]1(c2cc3cnc(NCC4CCNCC4)nc3c(NC(C)C)n2)C=CC=CC1.O=C(O)C(F)(F)F. The molecule has 218 valence electrons. The molecular weight excluding hydrogens is 529 g/mol. The zero-order valence-corrected chi connectivity index (χ0v) is 22.7. The molecule has 10 nitrogen and oxygen atoms in total. The fourth-order valence-corrected chi connectivity index (χ4v) is 4.37. The van der Waals surface area contributed by atoms with E-state index in [9.17, 15) is 18.0 Å². The number of carbonyl (C=O) groups is 2. The summed E-state index contributed by atoms with van der Waals surface area (Å²) in [6, 6.07) is 2.06. The van der Waals surface area contributed by atoms with Gasteiger partial charge in [0.15, 0.2) is 5.82 Å². The second kappa shape index (κ2) is 13.6. The Bertz CT molecular complexity index is 1240. The first-order valence-electron chi connectivity index (χ1n) is 13.2. The second-order valence-electron chi connectivity index (χ2n) is 9.85. The standard InChI is InChI=1S/C25H34N6O2.C2HF3O2/c1-4-33-23(32)25(10-6-5-7-11-25)20-14-19-16-28-24(27-15-18-8-12-26-13-9-18)31-21(19)22(30-20)29-17(2)3;3-2(4,5)1(6)7/h5-7,10,14,16-18,26H,4,8-9,11-13,15H2,1-3H3,(H,29,30)(H,27,28,31);(H,6,7)/t25-;/m0./s1. The average Bonchev–Trinajstić information content (AvgIpc) is 2.92. The number of nitrogens with one attached hydrogen (secondary N) is 3. The zero-order valence-electron chi connectivity index (χ0n) is 22.7. The number of aromatic nitrogens is 3. The highest BCUT2D eigenvalue weighted by atomic mass is 19.4. The quantitative estimate of drug-likeness (QED) is 0.345. The average molecular weight is 565 g/mol. The first-order valence-corrected chi connectivity index (χ1v) is 13.2. The van der Waals surface area contributed by atoms with Gasteiger partial charge in [0.25, 0.3) is 0 Å². The van der Waals surface area contributed by atoms with Crippen LogP contribution in [-0.2, 0) is 19.7 Å². The van der Waals surface area contributed by atoms with Gasteiger partial charge in [-0.2, -0.15) is 13.2 Å². The third-order valence-electron chi connectivity index (χ3n) is 6.41. The van der Waals surface area contributed by atoms with Crippen molar-refractivity contribution < 1.29 is 32.6 Å². The van der Waals surface area contributed by atoms with Gasteiger partial charge in [-0.05, 0) is 65.1 Å². The number of esters is 1. The van der Waals surface area contributed by atoms with E-state index < -0.39 is 17.6 Å². The summed E-state index contributed by atoms with van der Waals surface area (Å²) in [5.41, 5.74) is 0.416. The van der Waals surface area contributed by atoms with Gasteiger partial charge in [0, 0.05) is 24.2 Å². The minimum atomic E-state index is -5.08. The maximum Gasteiger partial charge on any atom is 0.490 e. The van der Waals surface area contributed by atoms with Crippen molar-refractivity contribution in [2.24, 2.45) is 5.92 Å². The van der Waals surface area contributed by atoms with Crippen molar-refractivity contribution in [2.75, 3.05) is 36.9 Å². The molecule has 2 aromatic heterocycles. The first-order chi connectivity index (χ1) is 19.0. The number of pyridine rings is 1. The molecule has 1 aliphatic carbocycles. The molecule has 1 atom stereocenters. The molecule has 2 aliphatic rings. The lowest BCUT2D eigenvalue weighted by atomic mass is 9.78. The highest BCUT2D eigenvalue weighted by Gasteiger charge is 2.41. The number of hydrogen-bond donors (Lipinski definition) is 4. The van der Waals surface area contributed by atoms with E-state index in [0.717, 1.165) is 43.4 Å². The molecule has 4 N–H and O–H groups in total. The number of aliphatic carboxylic acids is 1. The highest BCUT2D eigenvalue weighted by molar-refractivity contribution is 5.92. The Morgan fingerprint density at radius 1 is 1.23 bits per heavy atom. The van der Waals surface area contributed by atoms with E-state index in [1.165, 1.54) is 0 Å². The first kappa shape index (κ1) is 30.8. The summed E-state index contributed by atoms with van der Waals surface area (Å²) in [7, 11) is 0.